The summed E-state index contributed by atoms with van der Waals surface area (Å²) < 4.78 is 11.3. The molecular weight excluding hydrogens is 454 g/mol. The van der Waals surface area contributed by atoms with Gasteiger partial charge in [-0.15, -0.1) is 0 Å². The fourth-order valence-corrected chi connectivity index (χ4v) is 4.42. The minimum absolute atomic E-state index is 0.0714. The zero-order chi connectivity index (χ0) is 24.2. The number of furan rings is 1. The number of carbonyl (C=O) groups excluding carboxylic acids is 1. The molecule has 0 radical (unpaired) electrons. The third kappa shape index (κ3) is 5.04. The zero-order valence-electron chi connectivity index (χ0n) is 18.9. The van der Waals surface area contributed by atoms with E-state index in [1.54, 1.807) is 29.2 Å². The smallest absolute Gasteiger partial charge is 0.273 e. The van der Waals surface area contributed by atoms with Crippen LogP contribution >= 0.6 is 11.8 Å². The maximum absolute atomic E-state index is 13.2. The highest BCUT2D eigenvalue weighted by molar-refractivity contribution is 8.18. The summed E-state index contributed by atoms with van der Waals surface area (Å²) in [6, 6.07) is 17.3. The van der Waals surface area contributed by atoms with E-state index in [1.165, 1.54) is 31.0 Å². The van der Waals surface area contributed by atoms with Crippen LogP contribution < -0.4 is 4.74 Å². The van der Waals surface area contributed by atoms with Crippen LogP contribution in [0.5, 0.6) is 5.75 Å². The monoisotopic (exact) mass is 477 g/mol. The van der Waals surface area contributed by atoms with Crippen LogP contribution in [0.4, 0.5) is 11.4 Å². The number of carbonyl (C=O) groups is 1. The Labute approximate surface area is 201 Å². The number of aliphatic imine (C=N–C) groups is 1. The highest BCUT2D eigenvalue weighted by Gasteiger charge is 2.34. The van der Waals surface area contributed by atoms with Gasteiger partial charge in [-0.05, 0) is 48.0 Å². The molecule has 1 fully saturated rings. The molecule has 8 nitrogen and oxygen atoms in total. The summed E-state index contributed by atoms with van der Waals surface area (Å²) in [7, 11) is 1.44. The van der Waals surface area contributed by atoms with E-state index < -0.39 is 4.92 Å². The first-order valence-electron chi connectivity index (χ1n) is 10.6. The molecule has 9 heteroatoms. The lowest BCUT2D eigenvalue weighted by Crippen LogP contribution is -2.32. The summed E-state index contributed by atoms with van der Waals surface area (Å²) in [6.07, 6.45) is 1.69. The second-order valence-electron chi connectivity index (χ2n) is 7.99. The summed E-state index contributed by atoms with van der Waals surface area (Å²) in [5.74, 6) is 1.44. The van der Waals surface area contributed by atoms with E-state index >= 15 is 0 Å². The van der Waals surface area contributed by atoms with Gasteiger partial charge in [0, 0.05) is 18.7 Å². The number of nitro groups is 1. The van der Waals surface area contributed by atoms with Gasteiger partial charge in [-0.25, -0.2) is 4.99 Å². The van der Waals surface area contributed by atoms with Crippen molar-refractivity contribution in [2.45, 2.75) is 13.8 Å². The molecule has 1 aliphatic heterocycles. The van der Waals surface area contributed by atoms with Crippen molar-refractivity contribution in [1.82, 2.24) is 4.90 Å². The molecule has 0 atom stereocenters. The molecule has 174 valence electrons. The Bertz CT molecular complexity index is 1280. The van der Waals surface area contributed by atoms with Crippen LogP contribution in [0.1, 0.15) is 19.6 Å². The van der Waals surface area contributed by atoms with Crippen LogP contribution in [-0.2, 0) is 4.79 Å². The van der Waals surface area contributed by atoms with E-state index in [9.17, 15) is 14.9 Å². The molecule has 1 aliphatic rings. The third-order valence-corrected chi connectivity index (χ3v) is 5.98. The van der Waals surface area contributed by atoms with Gasteiger partial charge in [-0.2, -0.15) is 0 Å². The fraction of sp³-hybridized carbons (Fsp3) is 0.200. The van der Waals surface area contributed by atoms with Gasteiger partial charge in [0.15, 0.2) is 5.17 Å². The number of hydrogen-bond acceptors (Lipinski definition) is 7. The Kier molecular flexibility index (Phi) is 6.83. The van der Waals surface area contributed by atoms with Crippen molar-refractivity contribution in [3.8, 4) is 17.1 Å². The molecule has 1 aromatic heterocycles. The molecule has 2 aromatic carbocycles. The first kappa shape index (κ1) is 23.3. The average molecular weight is 478 g/mol. The number of thioether (sulfide) groups is 1. The van der Waals surface area contributed by atoms with Crippen LogP contribution in [0.2, 0.25) is 0 Å². The van der Waals surface area contributed by atoms with Gasteiger partial charge in [0.25, 0.3) is 11.6 Å². The van der Waals surface area contributed by atoms with E-state index in [2.05, 4.69) is 18.8 Å². The Morgan fingerprint density at radius 2 is 1.94 bits per heavy atom. The van der Waals surface area contributed by atoms with Crippen molar-refractivity contribution in [1.29, 1.82) is 0 Å². The van der Waals surface area contributed by atoms with Crippen LogP contribution in [0, 0.1) is 16.0 Å². The summed E-state index contributed by atoms with van der Waals surface area (Å²) in [6.45, 7) is 4.66. The molecule has 2 heterocycles. The van der Waals surface area contributed by atoms with Crippen LogP contribution in [-0.4, -0.2) is 34.6 Å². The van der Waals surface area contributed by atoms with E-state index in [0.29, 0.717) is 39.5 Å². The Morgan fingerprint density at radius 3 is 2.62 bits per heavy atom. The summed E-state index contributed by atoms with van der Waals surface area (Å²) in [4.78, 5) is 30.6. The molecule has 0 bridgehead atoms. The Balaban J connectivity index is 1.64. The molecule has 34 heavy (non-hydrogen) atoms. The third-order valence-electron chi connectivity index (χ3n) is 4.98. The van der Waals surface area contributed by atoms with Gasteiger partial charge in [-0.3, -0.25) is 19.8 Å². The Hall–Kier alpha value is -3.85. The molecule has 0 N–H and O–H groups in total. The fourth-order valence-electron chi connectivity index (χ4n) is 3.43. The Morgan fingerprint density at radius 1 is 1.18 bits per heavy atom. The lowest BCUT2D eigenvalue weighted by molar-refractivity contribution is -0.384. The van der Waals surface area contributed by atoms with Gasteiger partial charge in [0.1, 0.15) is 17.3 Å². The van der Waals surface area contributed by atoms with Gasteiger partial charge < -0.3 is 9.15 Å². The second kappa shape index (κ2) is 9.96. The van der Waals surface area contributed by atoms with Gasteiger partial charge in [0.2, 0.25) is 0 Å². The molecule has 1 amide bonds. The van der Waals surface area contributed by atoms with Crippen molar-refractivity contribution in [2.24, 2.45) is 10.9 Å². The lowest BCUT2D eigenvalue weighted by atomic mass is 10.1. The zero-order valence-corrected chi connectivity index (χ0v) is 19.7. The van der Waals surface area contributed by atoms with Crippen molar-refractivity contribution < 1.29 is 18.9 Å². The first-order valence-corrected chi connectivity index (χ1v) is 11.4. The number of hydrogen-bond donors (Lipinski definition) is 0. The highest BCUT2D eigenvalue weighted by atomic mass is 32.2. The number of nitro benzene ring substituents is 1. The number of nitrogens with zero attached hydrogens (tertiary/aromatic N) is 3. The maximum Gasteiger partial charge on any atom is 0.273 e. The largest absolute Gasteiger partial charge is 0.496 e. The van der Waals surface area contributed by atoms with Crippen LogP contribution in [0.25, 0.3) is 17.4 Å². The normalized spacial score (nSPS) is 16.1. The van der Waals surface area contributed by atoms with E-state index in [-0.39, 0.29) is 17.5 Å². The molecule has 0 saturated carbocycles. The molecule has 3 aromatic rings. The number of ether oxygens (including phenoxy) is 1. The summed E-state index contributed by atoms with van der Waals surface area (Å²) in [5, 5.41) is 11.7. The molecule has 0 spiro atoms. The van der Waals surface area contributed by atoms with E-state index in [1.807, 2.05) is 30.3 Å². The van der Waals surface area contributed by atoms with E-state index in [4.69, 9.17) is 9.15 Å². The predicted octanol–water partition coefficient (Wildman–Crippen LogP) is 6.12. The van der Waals surface area contributed by atoms with Crippen molar-refractivity contribution >= 4 is 40.3 Å². The van der Waals surface area contributed by atoms with Crippen molar-refractivity contribution in [3.63, 3.8) is 0 Å². The standard InChI is InChI=1S/C25H23N3O5S/c1-16(2)15-27-24(29)23(34-25(27)26-17-7-5-4-6-8-17)14-19-10-12-21(33-19)20-11-9-18(28(30)31)13-22(20)32-3/h4-14,16H,15H2,1-3H3. The number of amidine groups is 1. The van der Waals surface area contributed by atoms with Crippen LogP contribution in [0.3, 0.4) is 0 Å². The molecule has 1 saturated heterocycles. The molecular formula is C25H23N3O5S. The minimum Gasteiger partial charge on any atom is -0.496 e. The summed E-state index contributed by atoms with van der Waals surface area (Å²) >= 11 is 1.30. The van der Waals surface area contributed by atoms with Gasteiger partial charge in [-0.1, -0.05) is 32.0 Å². The average Bonchev–Trinajstić information content (AvgIpc) is 3.39. The molecule has 0 aliphatic carbocycles. The van der Waals surface area contributed by atoms with Gasteiger partial charge >= 0.3 is 0 Å². The second-order valence-corrected chi connectivity index (χ2v) is 9.00. The quantitative estimate of drug-likeness (QED) is 0.231. The number of para-hydroxylation sites is 1. The topological polar surface area (TPSA) is 98.2 Å². The number of rotatable bonds is 7. The van der Waals surface area contributed by atoms with Crippen molar-refractivity contribution in [2.75, 3.05) is 13.7 Å². The number of methoxy groups -OCH3 is 1. The highest BCUT2D eigenvalue weighted by Crippen LogP contribution is 2.37. The van der Waals surface area contributed by atoms with Crippen LogP contribution in [0.15, 0.2) is 75.0 Å². The van der Waals surface area contributed by atoms with E-state index in [0.717, 1.165) is 5.69 Å². The number of benzene rings is 2. The predicted molar refractivity (Wildman–Crippen MR) is 133 cm³/mol. The number of non-ortho nitro benzene ring substituents is 1. The minimum atomic E-state index is -0.481. The first-order chi connectivity index (χ1) is 16.4. The van der Waals surface area contributed by atoms with Gasteiger partial charge in [0.05, 0.1) is 34.3 Å². The lowest BCUT2D eigenvalue weighted by Gasteiger charge is -2.17. The molecule has 0 unspecified atom stereocenters. The van der Waals surface area contributed by atoms with Crippen molar-refractivity contribution in [3.05, 3.63) is 81.4 Å². The number of amides is 1. The summed E-state index contributed by atoms with van der Waals surface area (Å²) in [5.41, 5.74) is 1.28. The SMILES string of the molecule is COc1cc([N+](=O)[O-])ccc1-c1ccc(C=C2SC(=Nc3ccccc3)N(CC(C)C)C2=O)o1. The molecule has 4 rings (SSSR count). The maximum atomic E-state index is 13.2.